The number of ether oxygens (including phenoxy) is 3. The van der Waals surface area contributed by atoms with Gasteiger partial charge < -0.3 is 18.8 Å². The quantitative estimate of drug-likeness (QED) is 0.187. The second-order valence-corrected chi connectivity index (χ2v) is 8.17. The Morgan fingerprint density at radius 1 is 0.667 bits per heavy atom. The molecule has 0 atom stereocenters. The van der Waals surface area contributed by atoms with Gasteiger partial charge in [-0.2, -0.15) is 0 Å². The van der Waals surface area contributed by atoms with Crippen molar-refractivity contribution in [1.82, 2.24) is 4.57 Å². The van der Waals surface area contributed by atoms with Crippen LogP contribution in [0.15, 0.2) is 91.0 Å². The molecule has 7 heteroatoms. The zero-order chi connectivity index (χ0) is 25.2. The van der Waals surface area contributed by atoms with Crippen LogP contribution in [-0.4, -0.2) is 30.8 Å². The highest BCUT2D eigenvalue weighted by atomic mass is 16.6. The van der Waals surface area contributed by atoms with Gasteiger partial charge in [0.1, 0.15) is 17.2 Å². The van der Waals surface area contributed by atoms with Gasteiger partial charge in [0.15, 0.2) is 0 Å². The Balaban J connectivity index is 1.88. The number of nitro benzene ring substituents is 1. The van der Waals surface area contributed by atoms with E-state index in [-0.39, 0.29) is 5.69 Å². The molecule has 5 aromatic rings. The summed E-state index contributed by atoms with van der Waals surface area (Å²) >= 11 is 0. The van der Waals surface area contributed by atoms with Crippen molar-refractivity contribution < 1.29 is 19.1 Å². The lowest BCUT2D eigenvalue weighted by atomic mass is 9.98. The Morgan fingerprint density at radius 2 is 1.19 bits per heavy atom. The Hall–Kier alpha value is -4.78. The zero-order valence-corrected chi connectivity index (χ0v) is 20.1. The van der Waals surface area contributed by atoms with Crippen LogP contribution in [-0.2, 0) is 0 Å². The van der Waals surface area contributed by atoms with Gasteiger partial charge in [-0.05, 0) is 90.0 Å². The molecule has 0 bridgehead atoms. The third kappa shape index (κ3) is 4.01. The van der Waals surface area contributed by atoms with Crippen molar-refractivity contribution in [2.45, 2.75) is 0 Å². The maximum Gasteiger partial charge on any atom is 0.269 e. The number of nitro groups is 1. The summed E-state index contributed by atoms with van der Waals surface area (Å²) in [6.45, 7) is 0. The van der Waals surface area contributed by atoms with Gasteiger partial charge in [0.05, 0.1) is 37.5 Å². The molecule has 0 fully saturated rings. The van der Waals surface area contributed by atoms with Gasteiger partial charge in [-0.1, -0.05) is 0 Å². The third-order valence-electron chi connectivity index (χ3n) is 6.24. The van der Waals surface area contributed by atoms with Gasteiger partial charge in [0, 0.05) is 28.8 Å². The van der Waals surface area contributed by atoms with E-state index in [2.05, 4.69) is 4.57 Å². The molecular weight excluding hydrogens is 456 g/mol. The minimum absolute atomic E-state index is 0.0428. The van der Waals surface area contributed by atoms with Gasteiger partial charge >= 0.3 is 0 Å². The minimum atomic E-state index is -0.391. The Kier molecular flexibility index (Phi) is 6.04. The van der Waals surface area contributed by atoms with Crippen molar-refractivity contribution in [2.24, 2.45) is 0 Å². The Bertz CT molecular complexity index is 1540. The standard InChI is InChI=1S/C29H24N2O5/c1-34-23-12-6-20(7-13-23)29-28(19-4-8-22(9-5-19)31(32)33)26-18-25(36-3)16-17-27(26)30(29)21-10-14-24(35-2)15-11-21/h4-18H,1-3H3. The van der Waals surface area contributed by atoms with Crippen LogP contribution >= 0.6 is 0 Å². The monoisotopic (exact) mass is 480 g/mol. The Morgan fingerprint density at radius 3 is 1.75 bits per heavy atom. The van der Waals surface area contributed by atoms with E-state index >= 15 is 0 Å². The van der Waals surface area contributed by atoms with Crippen LogP contribution in [0.5, 0.6) is 17.2 Å². The van der Waals surface area contributed by atoms with Crippen molar-refractivity contribution in [3.05, 3.63) is 101 Å². The largest absolute Gasteiger partial charge is 0.497 e. The number of benzene rings is 4. The lowest BCUT2D eigenvalue weighted by molar-refractivity contribution is -0.384. The summed E-state index contributed by atoms with van der Waals surface area (Å²) in [6.07, 6.45) is 0. The number of aromatic nitrogens is 1. The van der Waals surface area contributed by atoms with Gasteiger partial charge in [0.25, 0.3) is 5.69 Å². The van der Waals surface area contributed by atoms with Crippen LogP contribution in [0.3, 0.4) is 0 Å². The predicted octanol–water partition coefficient (Wildman–Crippen LogP) is 6.90. The number of rotatable bonds is 7. The molecule has 0 radical (unpaired) electrons. The first-order valence-electron chi connectivity index (χ1n) is 11.3. The smallest absolute Gasteiger partial charge is 0.269 e. The molecule has 36 heavy (non-hydrogen) atoms. The molecule has 5 rings (SSSR count). The SMILES string of the molecule is COc1ccc(-c2c(-c3ccc([N+](=O)[O-])cc3)c3cc(OC)ccc3n2-c2ccc(OC)cc2)cc1. The van der Waals surface area contributed by atoms with Crippen molar-refractivity contribution in [3.8, 4) is 45.3 Å². The van der Waals surface area contributed by atoms with Crippen molar-refractivity contribution in [3.63, 3.8) is 0 Å². The molecule has 0 aliphatic carbocycles. The van der Waals surface area contributed by atoms with Crippen molar-refractivity contribution in [2.75, 3.05) is 21.3 Å². The first-order chi connectivity index (χ1) is 17.5. The van der Waals surface area contributed by atoms with Crippen LogP contribution in [0.4, 0.5) is 5.69 Å². The topological polar surface area (TPSA) is 75.8 Å². The summed E-state index contributed by atoms with van der Waals surface area (Å²) in [5.41, 5.74) is 5.68. The highest BCUT2D eigenvalue weighted by Gasteiger charge is 2.22. The highest BCUT2D eigenvalue weighted by Crippen LogP contribution is 2.44. The molecule has 1 aromatic heterocycles. The summed E-state index contributed by atoms with van der Waals surface area (Å²) in [6, 6.07) is 28.3. The van der Waals surface area contributed by atoms with E-state index < -0.39 is 4.92 Å². The maximum atomic E-state index is 11.3. The molecule has 7 nitrogen and oxygen atoms in total. The number of hydrogen-bond donors (Lipinski definition) is 0. The van der Waals surface area contributed by atoms with Crippen LogP contribution in [0.2, 0.25) is 0 Å². The number of non-ortho nitro benzene ring substituents is 1. The number of fused-ring (bicyclic) bond motifs is 1. The number of hydrogen-bond acceptors (Lipinski definition) is 5. The summed E-state index contributed by atoms with van der Waals surface area (Å²) in [5, 5.41) is 12.3. The van der Waals surface area contributed by atoms with Crippen LogP contribution in [0.25, 0.3) is 39.0 Å². The van der Waals surface area contributed by atoms with Gasteiger partial charge in [-0.25, -0.2) is 0 Å². The highest BCUT2D eigenvalue weighted by molar-refractivity contribution is 6.06. The molecule has 0 N–H and O–H groups in total. The summed E-state index contributed by atoms with van der Waals surface area (Å²) in [4.78, 5) is 10.9. The molecule has 0 amide bonds. The van der Waals surface area contributed by atoms with Crippen LogP contribution < -0.4 is 14.2 Å². The van der Waals surface area contributed by atoms with E-state index in [0.717, 1.165) is 56.2 Å². The summed E-state index contributed by atoms with van der Waals surface area (Å²) < 4.78 is 18.5. The van der Waals surface area contributed by atoms with Crippen molar-refractivity contribution in [1.29, 1.82) is 0 Å². The summed E-state index contributed by atoms with van der Waals surface area (Å²) in [7, 11) is 4.91. The summed E-state index contributed by atoms with van der Waals surface area (Å²) in [5.74, 6) is 2.24. The average molecular weight is 481 g/mol. The molecule has 0 spiro atoms. The molecule has 0 unspecified atom stereocenters. The third-order valence-corrected chi connectivity index (χ3v) is 6.24. The molecule has 0 aliphatic rings. The molecule has 180 valence electrons. The first kappa shape index (κ1) is 23.0. The second-order valence-electron chi connectivity index (χ2n) is 8.17. The average Bonchev–Trinajstić information content (AvgIpc) is 3.27. The molecule has 4 aromatic carbocycles. The van der Waals surface area contributed by atoms with Gasteiger partial charge in [0.2, 0.25) is 0 Å². The molecule has 0 saturated carbocycles. The van der Waals surface area contributed by atoms with Gasteiger partial charge in [-0.3, -0.25) is 10.1 Å². The molecular formula is C29H24N2O5. The molecule has 0 saturated heterocycles. The van der Waals surface area contributed by atoms with E-state index in [9.17, 15) is 10.1 Å². The maximum absolute atomic E-state index is 11.3. The van der Waals surface area contributed by atoms with Crippen molar-refractivity contribution >= 4 is 16.6 Å². The first-order valence-corrected chi connectivity index (χ1v) is 11.3. The Labute approximate surface area is 208 Å². The normalized spacial score (nSPS) is 10.9. The van der Waals surface area contributed by atoms with E-state index in [1.54, 1.807) is 33.5 Å². The lowest BCUT2D eigenvalue weighted by Crippen LogP contribution is -1.98. The second kappa shape index (κ2) is 9.46. The minimum Gasteiger partial charge on any atom is -0.497 e. The van der Waals surface area contributed by atoms with E-state index in [4.69, 9.17) is 14.2 Å². The number of methoxy groups -OCH3 is 3. The molecule has 0 aliphatic heterocycles. The fourth-order valence-electron chi connectivity index (χ4n) is 4.46. The zero-order valence-electron chi connectivity index (χ0n) is 20.1. The number of nitrogens with zero attached hydrogens (tertiary/aromatic N) is 2. The lowest BCUT2D eigenvalue weighted by Gasteiger charge is -2.14. The predicted molar refractivity (Wildman–Crippen MR) is 140 cm³/mol. The van der Waals surface area contributed by atoms with E-state index in [0.29, 0.717) is 0 Å². The van der Waals surface area contributed by atoms with Crippen LogP contribution in [0.1, 0.15) is 0 Å². The van der Waals surface area contributed by atoms with E-state index in [1.165, 1.54) is 12.1 Å². The fourth-order valence-corrected chi connectivity index (χ4v) is 4.46. The van der Waals surface area contributed by atoms with E-state index in [1.807, 2.05) is 66.7 Å². The van der Waals surface area contributed by atoms with Gasteiger partial charge in [-0.15, -0.1) is 0 Å². The fraction of sp³-hybridized carbons (Fsp3) is 0.103. The molecule has 1 heterocycles. The van der Waals surface area contributed by atoms with Crippen LogP contribution in [0, 0.1) is 10.1 Å².